The molecule has 0 unspecified atom stereocenters. The van der Waals surface area contributed by atoms with Crippen LogP contribution in [0.4, 0.5) is 0 Å². The summed E-state index contributed by atoms with van der Waals surface area (Å²) in [4.78, 5) is 23.9. The zero-order chi connectivity index (χ0) is 37.8. The summed E-state index contributed by atoms with van der Waals surface area (Å²) < 4.78 is 10.3. The summed E-state index contributed by atoms with van der Waals surface area (Å²) in [6, 6.07) is 0. The van der Waals surface area contributed by atoms with Crippen LogP contribution in [0.2, 0.25) is 0 Å². The molecule has 1 N–H and O–H groups in total. The van der Waals surface area contributed by atoms with Crippen molar-refractivity contribution < 1.29 is 24.2 Å². The Morgan fingerprint density at radius 3 is 1.17 bits per heavy atom. The fraction of sp³-hybridized carbons (Fsp3) is 0.532. The molecule has 0 bridgehead atoms. The Balaban J connectivity index is 3.68. The van der Waals surface area contributed by atoms with E-state index in [1.54, 1.807) is 0 Å². The summed E-state index contributed by atoms with van der Waals surface area (Å²) in [5.74, 6) is -0.708. The number of carbonyl (C=O) groups is 2. The average Bonchev–Trinajstić information content (AvgIpc) is 3.15. The molecule has 52 heavy (non-hydrogen) atoms. The van der Waals surface area contributed by atoms with Gasteiger partial charge in [-0.3, -0.25) is 9.59 Å². The van der Waals surface area contributed by atoms with Crippen LogP contribution in [-0.4, -0.2) is 36.4 Å². The molecule has 0 aromatic rings. The molecule has 290 valence electrons. The molecule has 0 saturated carbocycles. The number of unbranched alkanes of at least 4 members (excludes halogenated alkanes) is 6. The quantitative estimate of drug-likeness (QED) is 0.0408. The van der Waals surface area contributed by atoms with Crippen molar-refractivity contribution >= 4 is 11.9 Å². The number of hydrogen-bond donors (Lipinski definition) is 1. The molecule has 5 nitrogen and oxygen atoms in total. The van der Waals surface area contributed by atoms with Crippen molar-refractivity contribution in [3.8, 4) is 0 Å². The van der Waals surface area contributed by atoms with Gasteiger partial charge in [-0.15, -0.1) is 0 Å². The lowest BCUT2D eigenvalue weighted by molar-refractivity contribution is -0.152. The predicted molar refractivity (Wildman–Crippen MR) is 223 cm³/mol. The normalized spacial score (nSPS) is 13.5. The second-order valence-electron chi connectivity index (χ2n) is 12.7. The Labute approximate surface area is 318 Å². The fourth-order valence-electron chi connectivity index (χ4n) is 4.68. The van der Waals surface area contributed by atoms with E-state index in [9.17, 15) is 14.7 Å². The van der Waals surface area contributed by atoms with Gasteiger partial charge in [-0.25, -0.2) is 0 Å². The van der Waals surface area contributed by atoms with Crippen molar-refractivity contribution in [2.75, 3.05) is 13.2 Å². The number of carbonyl (C=O) groups excluding carboxylic acids is 2. The van der Waals surface area contributed by atoms with E-state index >= 15 is 0 Å². The Kier molecular flexibility index (Phi) is 38.8. The Bertz CT molecular complexity index is 1130. The third kappa shape index (κ3) is 40.7. The predicted octanol–water partition coefficient (Wildman–Crippen LogP) is 12.8. The van der Waals surface area contributed by atoms with Gasteiger partial charge in [0.05, 0.1) is 0 Å². The molecule has 0 aliphatic carbocycles. The lowest BCUT2D eigenvalue weighted by Crippen LogP contribution is -2.25. The van der Waals surface area contributed by atoms with Gasteiger partial charge < -0.3 is 14.6 Å². The van der Waals surface area contributed by atoms with Crippen LogP contribution in [0.25, 0.3) is 0 Å². The molecule has 0 aromatic heterocycles. The highest BCUT2D eigenvalue weighted by atomic mass is 16.6. The maximum Gasteiger partial charge on any atom is 0.306 e. The average molecular weight is 717 g/mol. The van der Waals surface area contributed by atoms with E-state index in [1.807, 2.05) is 12.2 Å². The van der Waals surface area contributed by atoms with Crippen LogP contribution >= 0.6 is 0 Å². The van der Waals surface area contributed by atoms with E-state index in [0.29, 0.717) is 12.8 Å². The molecule has 0 spiro atoms. The molecule has 0 fully saturated rings. The minimum absolute atomic E-state index is 0.165. The van der Waals surface area contributed by atoms with Crippen LogP contribution in [0.15, 0.2) is 122 Å². The number of hydrogen-bond acceptors (Lipinski definition) is 5. The van der Waals surface area contributed by atoms with Gasteiger partial charge in [0, 0.05) is 12.8 Å². The molecule has 0 aliphatic rings. The third-order valence-electron chi connectivity index (χ3n) is 7.69. The first-order valence-electron chi connectivity index (χ1n) is 20.1. The summed E-state index contributed by atoms with van der Waals surface area (Å²) in [6.07, 6.45) is 61.2. The molecule has 1 atom stereocenters. The fourth-order valence-corrected chi connectivity index (χ4v) is 4.68. The summed E-state index contributed by atoms with van der Waals surface area (Å²) in [5.41, 5.74) is 0. The van der Waals surface area contributed by atoms with Gasteiger partial charge in [-0.2, -0.15) is 0 Å². The monoisotopic (exact) mass is 717 g/mol. The van der Waals surface area contributed by atoms with Crippen LogP contribution in [0.1, 0.15) is 142 Å². The zero-order valence-corrected chi connectivity index (χ0v) is 32.8. The van der Waals surface area contributed by atoms with Crippen LogP contribution in [-0.2, 0) is 19.1 Å². The summed E-state index contributed by atoms with van der Waals surface area (Å²) in [7, 11) is 0. The van der Waals surface area contributed by atoms with Crippen molar-refractivity contribution in [2.24, 2.45) is 0 Å². The van der Waals surface area contributed by atoms with E-state index in [-0.39, 0.29) is 31.6 Å². The molecule has 0 saturated heterocycles. The van der Waals surface area contributed by atoms with Gasteiger partial charge in [-0.1, -0.05) is 155 Å². The van der Waals surface area contributed by atoms with Crippen molar-refractivity contribution in [1.29, 1.82) is 0 Å². The highest BCUT2D eigenvalue weighted by molar-refractivity contribution is 5.70. The first-order valence-corrected chi connectivity index (χ1v) is 20.1. The Hall–Kier alpha value is -3.70. The standard InChI is InChI=1S/C47H72O5/c1-3-5-7-9-11-13-15-17-19-21-23-25-27-29-31-33-35-37-39-41-46(49)51-43-45(48)44-52-47(50)42-40-38-36-34-32-30-28-26-24-22-20-18-16-14-12-10-8-6-4-2/h5,7,11-14,17-20,23-26,29-32,35,37,45,48H,3-4,6,8-10,15-16,21-22,27-28,33-34,36,38-44H2,1-2H3/b7-5-,13-11-,14-12-,19-17-,20-18-,25-23-,26-24-,31-29-,32-30-,37-35-/t45-/m0/s1. The van der Waals surface area contributed by atoms with Crippen molar-refractivity contribution in [3.05, 3.63) is 122 Å². The molecule has 0 rings (SSSR count). The first-order chi connectivity index (χ1) is 25.6. The van der Waals surface area contributed by atoms with Gasteiger partial charge in [0.1, 0.15) is 19.3 Å². The van der Waals surface area contributed by atoms with E-state index in [4.69, 9.17) is 9.47 Å². The number of aliphatic hydroxyl groups excluding tert-OH is 1. The van der Waals surface area contributed by atoms with Crippen LogP contribution in [0.3, 0.4) is 0 Å². The minimum Gasteiger partial charge on any atom is -0.463 e. The van der Waals surface area contributed by atoms with Crippen molar-refractivity contribution in [2.45, 2.75) is 148 Å². The van der Waals surface area contributed by atoms with Gasteiger partial charge in [0.25, 0.3) is 0 Å². The summed E-state index contributed by atoms with van der Waals surface area (Å²) >= 11 is 0. The largest absolute Gasteiger partial charge is 0.463 e. The summed E-state index contributed by atoms with van der Waals surface area (Å²) in [5, 5.41) is 10.0. The highest BCUT2D eigenvalue weighted by Crippen LogP contribution is 2.07. The van der Waals surface area contributed by atoms with Gasteiger partial charge in [0.15, 0.2) is 0 Å². The zero-order valence-electron chi connectivity index (χ0n) is 32.8. The molecule has 0 heterocycles. The van der Waals surface area contributed by atoms with Gasteiger partial charge in [0.2, 0.25) is 0 Å². The number of rotatable bonds is 34. The van der Waals surface area contributed by atoms with E-state index in [2.05, 4.69) is 123 Å². The summed E-state index contributed by atoms with van der Waals surface area (Å²) in [6.45, 7) is 4.04. The molecular weight excluding hydrogens is 645 g/mol. The van der Waals surface area contributed by atoms with Crippen molar-refractivity contribution in [3.63, 3.8) is 0 Å². The molecule has 0 amide bonds. The lowest BCUT2D eigenvalue weighted by atomic mass is 10.1. The smallest absolute Gasteiger partial charge is 0.306 e. The first kappa shape index (κ1) is 48.3. The minimum atomic E-state index is -1.02. The lowest BCUT2D eigenvalue weighted by Gasteiger charge is -2.11. The van der Waals surface area contributed by atoms with E-state index in [0.717, 1.165) is 83.5 Å². The van der Waals surface area contributed by atoms with E-state index < -0.39 is 6.10 Å². The van der Waals surface area contributed by atoms with E-state index in [1.165, 1.54) is 25.7 Å². The molecule has 0 aromatic carbocycles. The number of esters is 2. The topological polar surface area (TPSA) is 72.8 Å². The van der Waals surface area contributed by atoms with Crippen LogP contribution < -0.4 is 0 Å². The maximum atomic E-state index is 12.0. The number of ether oxygens (including phenoxy) is 2. The second kappa shape index (κ2) is 41.7. The van der Waals surface area contributed by atoms with Crippen molar-refractivity contribution in [1.82, 2.24) is 0 Å². The SMILES string of the molecule is CC/C=C\C/C=C\C/C=C\C/C=C\C/C=C\C/C=C\CCC(=O)OC[C@H](O)COC(=O)CCCCC/C=C\C/C=C\C/C=C\C/C=C\CCCCC. The maximum absolute atomic E-state index is 12.0. The van der Waals surface area contributed by atoms with Gasteiger partial charge in [-0.05, 0) is 96.3 Å². The number of allylic oxidation sites excluding steroid dienone is 20. The molecule has 5 heteroatoms. The van der Waals surface area contributed by atoms with Crippen LogP contribution in [0, 0.1) is 0 Å². The van der Waals surface area contributed by atoms with Crippen LogP contribution in [0.5, 0.6) is 0 Å². The Morgan fingerprint density at radius 2 is 0.769 bits per heavy atom. The molecule has 0 aliphatic heterocycles. The van der Waals surface area contributed by atoms with Gasteiger partial charge >= 0.3 is 11.9 Å². The highest BCUT2D eigenvalue weighted by Gasteiger charge is 2.11. The number of aliphatic hydroxyl groups is 1. The Morgan fingerprint density at radius 1 is 0.423 bits per heavy atom. The second-order valence-corrected chi connectivity index (χ2v) is 12.7. The molecule has 0 radical (unpaired) electrons. The molecular formula is C47H72O5. The third-order valence-corrected chi connectivity index (χ3v) is 7.69.